The molecule has 0 aromatic carbocycles. The summed E-state index contributed by atoms with van der Waals surface area (Å²) in [4.78, 5) is 13.1. The Bertz CT molecular complexity index is 342. The maximum absolute atomic E-state index is 11.4. The van der Waals surface area contributed by atoms with E-state index in [0.29, 0.717) is 13.1 Å². The summed E-state index contributed by atoms with van der Waals surface area (Å²) in [6, 6.07) is -0.0935. The highest BCUT2D eigenvalue weighted by atomic mass is 32.2. The lowest BCUT2D eigenvalue weighted by Gasteiger charge is -2.32. The van der Waals surface area contributed by atoms with Gasteiger partial charge in [0, 0.05) is 26.7 Å². The molecule has 7 heteroatoms. The van der Waals surface area contributed by atoms with Gasteiger partial charge >= 0.3 is 6.03 Å². The Hall–Kier alpha value is -0.820. The van der Waals surface area contributed by atoms with Crippen LogP contribution in [0.25, 0.3) is 0 Å². The van der Waals surface area contributed by atoms with Gasteiger partial charge in [-0.15, -0.1) is 0 Å². The number of piperidine rings is 1. The molecule has 1 fully saturated rings. The fourth-order valence-corrected chi connectivity index (χ4v) is 2.38. The second-order valence-electron chi connectivity index (χ2n) is 4.13. The van der Waals surface area contributed by atoms with Gasteiger partial charge < -0.3 is 10.2 Å². The van der Waals surface area contributed by atoms with Crippen molar-refractivity contribution in [3.05, 3.63) is 0 Å². The summed E-state index contributed by atoms with van der Waals surface area (Å²) in [5.74, 6) is 0.209. The quantitative estimate of drug-likeness (QED) is 0.713. The van der Waals surface area contributed by atoms with Crippen LogP contribution >= 0.6 is 0 Å². The molecule has 1 aliphatic rings. The van der Waals surface area contributed by atoms with E-state index in [-0.39, 0.29) is 11.9 Å². The number of sulfonamides is 1. The van der Waals surface area contributed by atoms with E-state index in [2.05, 4.69) is 10.0 Å². The monoisotopic (exact) mass is 249 g/mol. The lowest BCUT2D eigenvalue weighted by molar-refractivity contribution is 0.168. The second-order valence-corrected chi connectivity index (χ2v) is 5.96. The number of amides is 2. The normalized spacial score (nSPS) is 21.9. The molecule has 1 heterocycles. The van der Waals surface area contributed by atoms with Crippen LogP contribution in [0.5, 0.6) is 0 Å². The van der Waals surface area contributed by atoms with Crippen LogP contribution in [0.15, 0.2) is 0 Å². The van der Waals surface area contributed by atoms with Crippen LogP contribution in [0.3, 0.4) is 0 Å². The molecule has 2 N–H and O–H groups in total. The summed E-state index contributed by atoms with van der Waals surface area (Å²) in [7, 11) is -1.54. The molecule has 16 heavy (non-hydrogen) atoms. The van der Waals surface area contributed by atoms with Gasteiger partial charge in [0.2, 0.25) is 10.0 Å². The Balaban J connectivity index is 2.42. The minimum absolute atomic E-state index is 0.0935. The van der Waals surface area contributed by atoms with Crippen molar-refractivity contribution in [3.63, 3.8) is 0 Å². The summed E-state index contributed by atoms with van der Waals surface area (Å²) in [6.45, 7) is 1.77. The van der Waals surface area contributed by atoms with Crippen LogP contribution in [0, 0.1) is 5.92 Å². The smallest absolute Gasteiger partial charge is 0.317 e. The zero-order chi connectivity index (χ0) is 12.2. The van der Waals surface area contributed by atoms with E-state index >= 15 is 0 Å². The Morgan fingerprint density at radius 1 is 1.50 bits per heavy atom. The van der Waals surface area contributed by atoms with Crippen LogP contribution in [-0.2, 0) is 10.0 Å². The summed E-state index contributed by atoms with van der Waals surface area (Å²) in [5.41, 5.74) is 0. The van der Waals surface area contributed by atoms with Crippen molar-refractivity contribution in [2.75, 3.05) is 32.9 Å². The largest absolute Gasteiger partial charge is 0.341 e. The number of nitrogens with zero attached hydrogens (tertiary/aromatic N) is 1. The van der Waals surface area contributed by atoms with Gasteiger partial charge in [-0.3, -0.25) is 0 Å². The molecule has 1 rings (SSSR count). The number of urea groups is 1. The highest BCUT2D eigenvalue weighted by molar-refractivity contribution is 7.88. The average Bonchev–Trinajstić information content (AvgIpc) is 2.25. The van der Waals surface area contributed by atoms with Crippen molar-refractivity contribution in [2.45, 2.75) is 12.8 Å². The number of likely N-dealkylation sites (tertiary alicyclic amines) is 1. The number of rotatable bonds is 3. The number of carbonyl (C=O) groups excluding carboxylic acids is 1. The molecule has 0 aromatic rings. The average molecular weight is 249 g/mol. The first kappa shape index (κ1) is 13.2. The molecular formula is C9H19N3O3S. The maximum atomic E-state index is 11.4. The highest BCUT2D eigenvalue weighted by Crippen LogP contribution is 2.15. The number of hydrogen-bond acceptors (Lipinski definition) is 3. The van der Waals surface area contributed by atoms with E-state index in [0.717, 1.165) is 25.6 Å². The lowest BCUT2D eigenvalue weighted by atomic mass is 9.99. The number of carbonyl (C=O) groups is 1. The molecule has 6 nitrogen and oxygen atoms in total. The standard InChI is InChI=1S/C9H19N3O3S/c1-10-9(13)12-5-3-4-8(7-12)6-11-16(2,14)15/h8,11H,3-7H2,1-2H3,(H,10,13). The van der Waals surface area contributed by atoms with Gasteiger partial charge in [0.1, 0.15) is 0 Å². The maximum Gasteiger partial charge on any atom is 0.317 e. The van der Waals surface area contributed by atoms with Gasteiger partial charge in [0.25, 0.3) is 0 Å². The molecule has 1 unspecified atom stereocenters. The molecule has 1 atom stereocenters. The third-order valence-corrected chi connectivity index (χ3v) is 3.35. The van der Waals surface area contributed by atoms with Crippen molar-refractivity contribution in [2.24, 2.45) is 5.92 Å². The van der Waals surface area contributed by atoms with Crippen molar-refractivity contribution in [3.8, 4) is 0 Å². The van der Waals surface area contributed by atoms with E-state index in [1.54, 1.807) is 11.9 Å². The molecule has 0 radical (unpaired) electrons. The SMILES string of the molecule is CNC(=O)N1CCCC(CNS(C)(=O)=O)C1. The van der Waals surface area contributed by atoms with Gasteiger partial charge in [-0.2, -0.15) is 0 Å². The Kier molecular flexibility index (Phi) is 4.55. The summed E-state index contributed by atoms with van der Waals surface area (Å²) >= 11 is 0. The molecule has 1 saturated heterocycles. The first-order chi connectivity index (χ1) is 7.42. The zero-order valence-corrected chi connectivity index (χ0v) is 10.5. The predicted octanol–water partition coefficient (Wildman–Crippen LogP) is -0.413. The molecule has 0 saturated carbocycles. The summed E-state index contributed by atoms with van der Waals surface area (Å²) in [5, 5.41) is 2.58. The Labute approximate surface area is 96.4 Å². The molecule has 94 valence electrons. The lowest BCUT2D eigenvalue weighted by Crippen LogP contribution is -2.46. The van der Waals surface area contributed by atoms with Gasteiger partial charge in [0.15, 0.2) is 0 Å². The van der Waals surface area contributed by atoms with Crippen LogP contribution in [0.2, 0.25) is 0 Å². The fraction of sp³-hybridized carbons (Fsp3) is 0.889. The number of nitrogens with one attached hydrogen (secondary N) is 2. The molecule has 0 aliphatic carbocycles. The Morgan fingerprint density at radius 2 is 2.19 bits per heavy atom. The van der Waals surface area contributed by atoms with Crippen molar-refractivity contribution >= 4 is 16.1 Å². The third kappa shape index (κ3) is 4.36. The summed E-state index contributed by atoms with van der Waals surface area (Å²) < 4.78 is 24.4. The van der Waals surface area contributed by atoms with E-state index in [1.165, 1.54) is 0 Å². The summed E-state index contributed by atoms with van der Waals surface area (Å²) in [6.07, 6.45) is 3.02. The van der Waals surface area contributed by atoms with E-state index < -0.39 is 10.0 Å². The van der Waals surface area contributed by atoms with Crippen LogP contribution in [0.1, 0.15) is 12.8 Å². The van der Waals surface area contributed by atoms with Crippen LogP contribution in [0.4, 0.5) is 4.79 Å². The fourth-order valence-electron chi connectivity index (χ4n) is 1.84. The van der Waals surface area contributed by atoms with E-state index in [9.17, 15) is 13.2 Å². The Morgan fingerprint density at radius 3 is 2.75 bits per heavy atom. The topological polar surface area (TPSA) is 78.5 Å². The number of hydrogen-bond donors (Lipinski definition) is 2. The van der Waals surface area contributed by atoms with Crippen molar-refractivity contribution in [1.82, 2.24) is 14.9 Å². The van der Waals surface area contributed by atoms with E-state index in [4.69, 9.17) is 0 Å². The molecule has 1 aliphatic heterocycles. The minimum atomic E-state index is -3.14. The van der Waals surface area contributed by atoms with Gasteiger partial charge in [0.05, 0.1) is 6.26 Å². The van der Waals surface area contributed by atoms with Crippen molar-refractivity contribution in [1.29, 1.82) is 0 Å². The molecule has 0 aromatic heterocycles. The molecule has 2 amide bonds. The molecule has 0 bridgehead atoms. The van der Waals surface area contributed by atoms with Gasteiger partial charge in [-0.25, -0.2) is 17.9 Å². The minimum Gasteiger partial charge on any atom is -0.341 e. The van der Waals surface area contributed by atoms with Gasteiger partial charge in [-0.1, -0.05) is 0 Å². The molecule has 0 spiro atoms. The predicted molar refractivity (Wildman–Crippen MR) is 61.6 cm³/mol. The third-order valence-electron chi connectivity index (χ3n) is 2.65. The van der Waals surface area contributed by atoms with Gasteiger partial charge in [-0.05, 0) is 18.8 Å². The van der Waals surface area contributed by atoms with E-state index in [1.807, 2.05) is 0 Å². The van der Waals surface area contributed by atoms with Crippen LogP contribution < -0.4 is 10.0 Å². The second kappa shape index (κ2) is 5.49. The molecular weight excluding hydrogens is 230 g/mol. The first-order valence-corrected chi connectivity index (χ1v) is 7.23. The first-order valence-electron chi connectivity index (χ1n) is 5.33. The zero-order valence-electron chi connectivity index (χ0n) is 9.69. The highest BCUT2D eigenvalue weighted by Gasteiger charge is 2.23. The van der Waals surface area contributed by atoms with Crippen LogP contribution in [-0.4, -0.2) is 52.3 Å². The van der Waals surface area contributed by atoms with Crippen molar-refractivity contribution < 1.29 is 13.2 Å².